The minimum absolute atomic E-state index is 0.0413. The van der Waals surface area contributed by atoms with Gasteiger partial charge in [0.2, 0.25) is 5.91 Å². The van der Waals surface area contributed by atoms with E-state index in [1.807, 2.05) is 24.3 Å². The maximum atomic E-state index is 12.5. The zero-order valence-electron chi connectivity index (χ0n) is 13.7. The summed E-state index contributed by atoms with van der Waals surface area (Å²) in [6.45, 7) is 1.51. The molecule has 2 aromatic carbocycles. The van der Waals surface area contributed by atoms with Gasteiger partial charge in [0.05, 0.1) is 7.11 Å². The SMILES string of the molecule is COc1ccc(C(=O)N(C)c2ccc(N(C)C(C)=O)cc2)cc1. The van der Waals surface area contributed by atoms with Crippen molar-refractivity contribution < 1.29 is 14.3 Å². The number of nitrogens with zero attached hydrogens (tertiary/aromatic N) is 2. The normalized spacial score (nSPS) is 10.1. The number of amides is 2. The van der Waals surface area contributed by atoms with Crippen LogP contribution in [0.5, 0.6) is 5.75 Å². The van der Waals surface area contributed by atoms with E-state index in [1.54, 1.807) is 55.3 Å². The number of ether oxygens (including phenoxy) is 1. The first kappa shape index (κ1) is 16.5. The van der Waals surface area contributed by atoms with Gasteiger partial charge in [0, 0.05) is 38.0 Å². The number of carbonyl (C=O) groups is 2. The van der Waals surface area contributed by atoms with Crippen molar-refractivity contribution in [1.82, 2.24) is 0 Å². The smallest absolute Gasteiger partial charge is 0.258 e. The Morgan fingerprint density at radius 2 is 1.30 bits per heavy atom. The molecule has 23 heavy (non-hydrogen) atoms. The summed E-state index contributed by atoms with van der Waals surface area (Å²) >= 11 is 0. The highest BCUT2D eigenvalue weighted by atomic mass is 16.5. The third-order valence-corrected chi connectivity index (χ3v) is 3.74. The fraction of sp³-hybridized carbons (Fsp3) is 0.222. The van der Waals surface area contributed by atoms with Crippen molar-refractivity contribution in [1.29, 1.82) is 0 Å². The Labute approximate surface area is 136 Å². The second-order valence-electron chi connectivity index (χ2n) is 5.19. The first-order chi connectivity index (χ1) is 10.9. The van der Waals surface area contributed by atoms with Crippen molar-refractivity contribution in [2.75, 3.05) is 31.0 Å². The average Bonchev–Trinajstić information content (AvgIpc) is 2.60. The van der Waals surface area contributed by atoms with E-state index in [4.69, 9.17) is 4.74 Å². The molecule has 0 bridgehead atoms. The van der Waals surface area contributed by atoms with Crippen LogP contribution in [0.4, 0.5) is 11.4 Å². The van der Waals surface area contributed by atoms with Gasteiger partial charge in [-0.2, -0.15) is 0 Å². The standard InChI is InChI=1S/C18H20N2O3/c1-13(21)19(2)15-7-9-16(10-8-15)20(3)18(22)14-5-11-17(23-4)12-6-14/h5-12H,1-4H3. The van der Waals surface area contributed by atoms with E-state index in [0.29, 0.717) is 11.3 Å². The van der Waals surface area contributed by atoms with Gasteiger partial charge in [0.25, 0.3) is 5.91 Å². The lowest BCUT2D eigenvalue weighted by atomic mass is 10.1. The predicted octanol–water partition coefficient (Wildman–Crippen LogP) is 2.95. The number of hydrogen-bond acceptors (Lipinski definition) is 3. The highest BCUT2D eigenvalue weighted by Crippen LogP contribution is 2.21. The van der Waals surface area contributed by atoms with Crippen molar-refractivity contribution in [2.24, 2.45) is 0 Å². The van der Waals surface area contributed by atoms with Crippen molar-refractivity contribution in [3.8, 4) is 5.75 Å². The minimum Gasteiger partial charge on any atom is -0.497 e. The third kappa shape index (κ3) is 3.69. The maximum Gasteiger partial charge on any atom is 0.258 e. The minimum atomic E-state index is -0.111. The molecular formula is C18H20N2O3. The van der Waals surface area contributed by atoms with Crippen molar-refractivity contribution in [3.05, 3.63) is 54.1 Å². The molecule has 120 valence electrons. The lowest BCUT2D eigenvalue weighted by molar-refractivity contribution is -0.116. The summed E-state index contributed by atoms with van der Waals surface area (Å²) in [5.74, 6) is 0.557. The fourth-order valence-electron chi connectivity index (χ4n) is 2.13. The van der Waals surface area contributed by atoms with E-state index in [1.165, 1.54) is 6.92 Å². The quantitative estimate of drug-likeness (QED) is 0.872. The van der Waals surface area contributed by atoms with Crippen molar-refractivity contribution >= 4 is 23.2 Å². The second-order valence-corrected chi connectivity index (χ2v) is 5.19. The molecule has 0 saturated heterocycles. The summed E-state index contributed by atoms with van der Waals surface area (Å²) in [4.78, 5) is 27.0. The summed E-state index contributed by atoms with van der Waals surface area (Å²) in [5.41, 5.74) is 2.12. The van der Waals surface area contributed by atoms with E-state index in [2.05, 4.69) is 0 Å². The molecule has 0 fully saturated rings. The molecule has 5 heteroatoms. The number of methoxy groups -OCH3 is 1. The maximum absolute atomic E-state index is 12.5. The van der Waals surface area contributed by atoms with Crippen LogP contribution in [0.1, 0.15) is 17.3 Å². The molecule has 0 heterocycles. The molecule has 0 spiro atoms. The number of benzene rings is 2. The Morgan fingerprint density at radius 3 is 1.74 bits per heavy atom. The molecule has 0 aromatic heterocycles. The number of hydrogen-bond donors (Lipinski definition) is 0. The van der Waals surface area contributed by atoms with Crippen LogP contribution in [0.25, 0.3) is 0 Å². The molecule has 0 atom stereocenters. The van der Waals surface area contributed by atoms with E-state index in [-0.39, 0.29) is 11.8 Å². The van der Waals surface area contributed by atoms with Gasteiger partial charge in [0.15, 0.2) is 0 Å². The molecule has 2 aromatic rings. The van der Waals surface area contributed by atoms with E-state index >= 15 is 0 Å². The van der Waals surface area contributed by atoms with Gasteiger partial charge in [-0.1, -0.05) is 0 Å². The lowest BCUT2D eigenvalue weighted by Crippen LogP contribution is -2.26. The lowest BCUT2D eigenvalue weighted by Gasteiger charge is -2.20. The predicted molar refractivity (Wildman–Crippen MR) is 91.3 cm³/mol. The van der Waals surface area contributed by atoms with Crippen LogP contribution in [0.3, 0.4) is 0 Å². The second kappa shape index (κ2) is 6.96. The Balaban J connectivity index is 2.17. The Morgan fingerprint density at radius 1 is 0.826 bits per heavy atom. The summed E-state index contributed by atoms with van der Waals surface area (Å²) in [6.07, 6.45) is 0. The number of carbonyl (C=O) groups excluding carboxylic acids is 2. The fourth-order valence-corrected chi connectivity index (χ4v) is 2.13. The van der Waals surface area contributed by atoms with Crippen LogP contribution in [-0.2, 0) is 4.79 Å². The molecule has 0 saturated carbocycles. The summed E-state index contributed by atoms with van der Waals surface area (Å²) < 4.78 is 5.09. The number of anilines is 2. The third-order valence-electron chi connectivity index (χ3n) is 3.74. The Bertz CT molecular complexity index is 693. The first-order valence-electron chi connectivity index (χ1n) is 7.20. The van der Waals surface area contributed by atoms with Gasteiger partial charge in [-0.25, -0.2) is 0 Å². The van der Waals surface area contributed by atoms with E-state index in [9.17, 15) is 9.59 Å². The molecule has 2 rings (SSSR count). The van der Waals surface area contributed by atoms with Crippen LogP contribution >= 0.6 is 0 Å². The van der Waals surface area contributed by atoms with Gasteiger partial charge in [-0.15, -0.1) is 0 Å². The van der Waals surface area contributed by atoms with Crippen LogP contribution in [0.2, 0.25) is 0 Å². The van der Waals surface area contributed by atoms with Gasteiger partial charge < -0.3 is 14.5 Å². The van der Waals surface area contributed by atoms with Gasteiger partial charge in [0.1, 0.15) is 5.75 Å². The molecule has 0 unspecified atom stereocenters. The molecule has 0 radical (unpaired) electrons. The molecular weight excluding hydrogens is 292 g/mol. The molecule has 0 aliphatic carbocycles. The zero-order chi connectivity index (χ0) is 17.0. The first-order valence-corrected chi connectivity index (χ1v) is 7.20. The van der Waals surface area contributed by atoms with Crippen LogP contribution < -0.4 is 14.5 Å². The van der Waals surface area contributed by atoms with Crippen molar-refractivity contribution in [3.63, 3.8) is 0 Å². The average molecular weight is 312 g/mol. The summed E-state index contributed by atoms with van der Waals surface area (Å²) in [6, 6.07) is 14.2. The largest absolute Gasteiger partial charge is 0.497 e. The number of rotatable bonds is 4. The highest BCUT2D eigenvalue weighted by molar-refractivity contribution is 6.06. The molecule has 0 N–H and O–H groups in total. The van der Waals surface area contributed by atoms with Gasteiger partial charge in [-0.3, -0.25) is 9.59 Å². The molecule has 0 aliphatic heterocycles. The topological polar surface area (TPSA) is 49.9 Å². The van der Waals surface area contributed by atoms with E-state index < -0.39 is 0 Å². The molecule has 0 aliphatic rings. The Hall–Kier alpha value is -2.82. The van der Waals surface area contributed by atoms with Gasteiger partial charge >= 0.3 is 0 Å². The summed E-state index contributed by atoms with van der Waals surface area (Å²) in [7, 11) is 5.02. The molecule has 5 nitrogen and oxygen atoms in total. The summed E-state index contributed by atoms with van der Waals surface area (Å²) in [5, 5.41) is 0. The van der Waals surface area contributed by atoms with Crippen LogP contribution in [-0.4, -0.2) is 33.0 Å². The molecule has 2 amide bonds. The monoisotopic (exact) mass is 312 g/mol. The van der Waals surface area contributed by atoms with Crippen LogP contribution in [0.15, 0.2) is 48.5 Å². The zero-order valence-corrected chi connectivity index (χ0v) is 13.7. The van der Waals surface area contributed by atoms with Crippen molar-refractivity contribution in [2.45, 2.75) is 6.92 Å². The van der Waals surface area contributed by atoms with Gasteiger partial charge in [-0.05, 0) is 48.5 Å². The van der Waals surface area contributed by atoms with Crippen LogP contribution in [0, 0.1) is 0 Å². The Kier molecular flexibility index (Phi) is 5.01. The highest BCUT2D eigenvalue weighted by Gasteiger charge is 2.14. The van der Waals surface area contributed by atoms with E-state index in [0.717, 1.165) is 11.4 Å².